The fourth-order valence-electron chi connectivity index (χ4n) is 2.97. The number of fused-ring (bicyclic) bond motifs is 1. The third-order valence-corrected chi connectivity index (χ3v) is 4.27. The first-order chi connectivity index (χ1) is 12.2. The molecule has 0 unspecified atom stereocenters. The van der Waals surface area contributed by atoms with E-state index < -0.39 is 0 Å². The van der Waals surface area contributed by atoms with Gasteiger partial charge in [-0.15, -0.1) is 0 Å². The van der Waals surface area contributed by atoms with Crippen molar-refractivity contribution in [3.63, 3.8) is 0 Å². The van der Waals surface area contributed by atoms with Crippen LogP contribution in [0.1, 0.15) is 21.6 Å². The van der Waals surface area contributed by atoms with E-state index in [1.807, 2.05) is 18.2 Å². The van der Waals surface area contributed by atoms with Crippen LogP contribution in [0.5, 0.6) is 0 Å². The Hall–Kier alpha value is -2.99. The van der Waals surface area contributed by atoms with Gasteiger partial charge < -0.3 is 10.6 Å². The SMILES string of the molecule is O=C(Nc1ccc2c(c1)CNCC2)c1ccn(-c2ccccc2F)n1. The lowest BCUT2D eigenvalue weighted by Crippen LogP contribution is -2.23. The molecule has 0 aliphatic carbocycles. The van der Waals surface area contributed by atoms with Gasteiger partial charge in [-0.3, -0.25) is 4.79 Å². The number of halogens is 1. The summed E-state index contributed by atoms with van der Waals surface area (Å²) < 4.78 is 15.2. The average Bonchev–Trinajstić information content (AvgIpc) is 3.12. The highest BCUT2D eigenvalue weighted by molar-refractivity contribution is 6.02. The van der Waals surface area contributed by atoms with E-state index in [1.165, 1.54) is 21.9 Å². The van der Waals surface area contributed by atoms with Crippen molar-refractivity contribution in [2.24, 2.45) is 0 Å². The van der Waals surface area contributed by atoms with E-state index in [0.29, 0.717) is 5.69 Å². The highest BCUT2D eigenvalue weighted by Gasteiger charge is 2.14. The Bertz CT molecular complexity index is 935. The molecule has 0 saturated carbocycles. The van der Waals surface area contributed by atoms with Gasteiger partial charge in [-0.25, -0.2) is 9.07 Å². The van der Waals surface area contributed by atoms with Gasteiger partial charge in [0.15, 0.2) is 5.69 Å². The van der Waals surface area contributed by atoms with Crippen LogP contribution in [0.3, 0.4) is 0 Å². The number of carbonyl (C=O) groups excluding carboxylic acids is 1. The molecule has 2 N–H and O–H groups in total. The van der Waals surface area contributed by atoms with Gasteiger partial charge >= 0.3 is 0 Å². The number of amides is 1. The summed E-state index contributed by atoms with van der Waals surface area (Å²) in [6.07, 6.45) is 2.57. The molecule has 1 amide bonds. The topological polar surface area (TPSA) is 59.0 Å². The van der Waals surface area contributed by atoms with Crippen molar-refractivity contribution >= 4 is 11.6 Å². The van der Waals surface area contributed by atoms with Crippen molar-refractivity contribution in [3.05, 3.63) is 77.4 Å². The molecule has 3 aromatic rings. The molecular weight excluding hydrogens is 319 g/mol. The van der Waals surface area contributed by atoms with E-state index in [2.05, 4.69) is 15.7 Å². The van der Waals surface area contributed by atoms with E-state index in [1.54, 1.807) is 30.5 Å². The van der Waals surface area contributed by atoms with Crippen LogP contribution in [0.2, 0.25) is 0 Å². The molecule has 2 heterocycles. The molecule has 25 heavy (non-hydrogen) atoms. The van der Waals surface area contributed by atoms with Crippen molar-refractivity contribution < 1.29 is 9.18 Å². The van der Waals surface area contributed by atoms with Crippen LogP contribution < -0.4 is 10.6 Å². The largest absolute Gasteiger partial charge is 0.321 e. The lowest BCUT2D eigenvalue weighted by molar-refractivity contribution is 0.102. The van der Waals surface area contributed by atoms with Crippen LogP contribution in [0.4, 0.5) is 10.1 Å². The standard InChI is InChI=1S/C19H17FN4O/c20-16-3-1-2-4-18(16)24-10-8-17(23-24)19(25)22-15-6-5-13-7-9-21-12-14(13)11-15/h1-6,8,10-11,21H,7,9,12H2,(H,22,25). The van der Waals surface area contributed by atoms with Crippen LogP contribution in [0.25, 0.3) is 5.69 Å². The number of anilines is 1. The molecule has 0 fully saturated rings. The fourth-order valence-corrected chi connectivity index (χ4v) is 2.97. The molecule has 1 aromatic heterocycles. The summed E-state index contributed by atoms with van der Waals surface area (Å²) in [6.45, 7) is 1.78. The van der Waals surface area contributed by atoms with E-state index in [9.17, 15) is 9.18 Å². The number of nitrogens with zero attached hydrogens (tertiary/aromatic N) is 2. The van der Waals surface area contributed by atoms with E-state index in [-0.39, 0.29) is 17.4 Å². The van der Waals surface area contributed by atoms with Crippen LogP contribution in [-0.4, -0.2) is 22.2 Å². The molecule has 0 atom stereocenters. The third kappa shape index (κ3) is 3.16. The number of nitrogens with one attached hydrogen (secondary N) is 2. The lowest BCUT2D eigenvalue weighted by Gasteiger charge is -2.17. The molecule has 0 saturated heterocycles. The predicted molar refractivity (Wildman–Crippen MR) is 93.3 cm³/mol. The maximum Gasteiger partial charge on any atom is 0.276 e. The number of hydrogen-bond acceptors (Lipinski definition) is 3. The summed E-state index contributed by atoms with van der Waals surface area (Å²) in [5.41, 5.74) is 3.77. The molecule has 0 bridgehead atoms. The van der Waals surface area contributed by atoms with Crippen LogP contribution in [-0.2, 0) is 13.0 Å². The zero-order chi connectivity index (χ0) is 17.2. The fraction of sp³-hybridized carbons (Fsp3) is 0.158. The van der Waals surface area contributed by atoms with Gasteiger partial charge in [-0.05, 0) is 54.4 Å². The lowest BCUT2D eigenvalue weighted by atomic mass is 10.0. The number of carbonyl (C=O) groups is 1. The van der Waals surface area contributed by atoms with Crippen molar-refractivity contribution in [3.8, 4) is 5.69 Å². The summed E-state index contributed by atoms with van der Waals surface area (Å²) in [5, 5.41) is 10.3. The third-order valence-electron chi connectivity index (χ3n) is 4.27. The molecule has 5 nitrogen and oxygen atoms in total. The first kappa shape index (κ1) is 15.5. The summed E-state index contributed by atoms with van der Waals surface area (Å²) in [6, 6.07) is 13.8. The number of aromatic nitrogens is 2. The van der Waals surface area contributed by atoms with Crippen LogP contribution >= 0.6 is 0 Å². The highest BCUT2D eigenvalue weighted by atomic mass is 19.1. The Morgan fingerprint density at radius 1 is 1.16 bits per heavy atom. The molecule has 1 aliphatic heterocycles. The minimum atomic E-state index is -0.389. The van der Waals surface area contributed by atoms with Crippen molar-refractivity contribution in [1.82, 2.24) is 15.1 Å². The van der Waals surface area contributed by atoms with E-state index in [4.69, 9.17) is 0 Å². The zero-order valence-corrected chi connectivity index (χ0v) is 13.5. The maximum absolute atomic E-state index is 13.8. The minimum absolute atomic E-state index is 0.235. The number of para-hydroxylation sites is 1. The maximum atomic E-state index is 13.8. The molecule has 1 aliphatic rings. The predicted octanol–water partition coefficient (Wildman–Crippen LogP) is 2.91. The number of hydrogen-bond donors (Lipinski definition) is 2. The molecule has 0 radical (unpaired) electrons. The molecule has 6 heteroatoms. The summed E-state index contributed by atoms with van der Waals surface area (Å²) >= 11 is 0. The smallest absolute Gasteiger partial charge is 0.276 e. The van der Waals surface area contributed by atoms with Gasteiger partial charge in [0.05, 0.1) is 0 Å². The first-order valence-electron chi connectivity index (χ1n) is 8.15. The number of benzene rings is 2. The highest BCUT2D eigenvalue weighted by Crippen LogP contribution is 2.19. The second-order valence-corrected chi connectivity index (χ2v) is 5.96. The Balaban J connectivity index is 1.53. The van der Waals surface area contributed by atoms with Crippen LogP contribution in [0, 0.1) is 5.82 Å². The van der Waals surface area contributed by atoms with E-state index >= 15 is 0 Å². The van der Waals surface area contributed by atoms with E-state index in [0.717, 1.165) is 25.2 Å². The Morgan fingerprint density at radius 2 is 2.04 bits per heavy atom. The molecule has 126 valence electrons. The Labute approximate surface area is 144 Å². The second-order valence-electron chi connectivity index (χ2n) is 5.96. The van der Waals surface area contributed by atoms with Gasteiger partial charge in [0.2, 0.25) is 0 Å². The van der Waals surface area contributed by atoms with Gasteiger partial charge in [0.25, 0.3) is 5.91 Å². The average molecular weight is 336 g/mol. The Kier molecular flexibility index (Phi) is 4.03. The second kappa shape index (κ2) is 6.49. The van der Waals surface area contributed by atoms with Crippen LogP contribution in [0.15, 0.2) is 54.7 Å². The minimum Gasteiger partial charge on any atom is -0.321 e. The van der Waals surface area contributed by atoms with Crippen molar-refractivity contribution in [2.75, 3.05) is 11.9 Å². The zero-order valence-electron chi connectivity index (χ0n) is 13.5. The molecule has 0 spiro atoms. The monoisotopic (exact) mass is 336 g/mol. The summed E-state index contributed by atoms with van der Waals surface area (Å²) in [7, 11) is 0. The van der Waals surface area contributed by atoms with Gasteiger partial charge in [0, 0.05) is 18.4 Å². The molecule has 2 aromatic carbocycles. The number of rotatable bonds is 3. The quantitative estimate of drug-likeness (QED) is 0.773. The summed E-state index contributed by atoms with van der Waals surface area (Å²) in [5.74, 6) is -0.710. The van der Waals surface area contributed by atoms with Gasteiger partial charge in [-0.1, -0.05) is 18.2 Å². The van der Waals surface area contributed by atoms with Crippen molar-refractivity contribution in [2.45, 2.75) is 13.0 Å². The first-order valence-corrected chi connectivity index (χ1v) is 8.15. The van der Waals surface area contributed by atoms with Gasteiger partial charge in [0.1, 0.15) is 11.5 Å². The molecule has 4 rings (SSSR count). The normalized spacial score (nSPS) is 13.3. The van der Waals surface area contributed by atoms with Gasteiger partial charge in [-0.2, -0.15) is 5.10 Å². The van der Waals surface area contributed by atoms with Crippen molar-refractivity contribution in [1.29, 1.82) is 0 Å². The molecular formula is C19H17FN4O. The Morgan fingerprint density at radius 3 is 2.92 bits per heavy atom. The summed E-state index contributed by atoms with van der Waals surface area (Å²) in [4.78, 5) is 12.4.